The number of rotatable bonds is 1. The van der Waals surface area contributed by atoms with Crippen molar-refractivity contribution in [1.29, 1.82) is 0 Å². The van der Waals surface area contributed by atoms with E-state index in [0.717, 1.165) is 9.94 Å². The second-order valence-electron chi connectivity index (χ2n) is 3.30. The molecule has 3 aromatic rings. The molecule has 0 bridgehead atoms. The van der Waals surface area contributed by atoms with Crippen LogP contribution >= 0.6 is 33.9 Å². The molecule has 0 atom stereocenters. The van der Waals surface area contributed by atoms with Crippen molar-refractivity contribution in [3.05, 3.63) is 41.7 Å². The summed E-state index contributed by atoms with van der Waals surface area (Å²) in [5.74, 6) is 0. The molecule has 5 heteroatoms. The molecule has 0 aliphatic heterocycles. The van der Waals surface area contributed by atoms with Crippen molar-refractivity contribution in [2.24, 2.45) is 0 Å². The zero-order chi connectivity index (χ0) is 10.3. The number of benzene rings is 1. The Balaban J connectivity index is 0.000000963. The first-order valence-electron chi connectivity index (χ1n) is 4.61. The van der Waals surface area contributed by atoms with Gasteiger partial charge in [-0.25, -0.2) is 0 Å². The van der Waals surface area contributed by atoms with Crippen LogP contribution in [-0.2, 0) is 4.43 Å². The van der Waals surface area contributed by atoms with Crippen molar-refractivity contribution in [2.45, 2.75) is 4.43 Å². The minimum absolute atomic E-state index is 0. The van der Waals surface area contributed by atoms with Crippen LogP contribution in [0.1, 0.15) is 5.69 Å². The van der Waals surface area contributed by atoms with Gasteiger partial charge in [0.2, 0.25) is 0 Å². The van der Waals surface area contributed by atoms with Crippen molar-refractivity contribution in [3.63, 3.8) is 0 Å². The summed E-state index contributed by atoms with van der Waals surface area (Å²) < 4.78 is 3.20. The van der Waals surface area contributed by atoms with Crippen molar-refractivity contribution < 1.29 is 28.4 Å². The van der Waals surface area contributed by atoms with Crippen molar-refractivity contribution in [3.8, 4) is 0 Å². The number of halogens is 2. The van der Waals surface area contributed by atoms with E-state index in [1.807, 2.05) is 12.4 Å². The summed E-state index contributed by atoms with van der Waals surface area (Å²) in [6.07, 6.45) is 1.92. The molecule has 0 spiro atoms. The first-order valence-corrected chi connectivity index (χ1v) is 7.02. The van der Waals surface area contributed by atoms with Crippen LogP contribution in [0.15, 0.2) is 36.0 Å². The quantitative estimate of drug-likeness (QED) is 0.287. The van der Waals surface area contributed by atoms with Crippen LogP contribution in [-0.4, -0.2) is 4.98 Å². The van der Waals surface area contributed by atoms with Gasteiger partial charge in [-0.2, -0.15) is 4.40 Å². The summed E-state index contributed by atoms with van der Waals surface area (Å²) in [5, 5.41) is 3.44. The molecule has 3 rings (SSSR count). The third kappa shape index (κ3) is 1.92. The molecule has 0 unspecified atom stereocenters. The standard InChI is InChI=1S/C11H8IN2S.HI/c12-5-8-6-15-11-9-3-1-2-4-10(9)13-7-14(8)11;/h1-4,6-7H,5H2;1H/q+1;/p-1. The SMILES string of the molecule is ICc1csc2c3ccccc3nc[n+]12.[I-]. The van der Waals surface area contributed by atoms with Crippen LogP contribution in [0.2, 0.25) is 0 Å². The van der Waals surface area contributed by atoms with Gasteiger partial charge in [0.25, 0.3) is 6.33 Å². The topological polar surface area (TPSA) is 17.0 Å². The van der Waals surface area contributed by atoms with Gasteiger partial charge < -0.3 is 24.0 Å². The molecular formula is C11H8I2N2S. The first kappa shape index (κ1) is 12.4. The van der Waals surface area contributed by atoms with E-state index < -0.39 is 0 Å². The fraction of sp³-hybridized carbons (Fsp3) is 0.0909. The van der Waals surface area contributed by atoms with E-state index in [1.54, 1.807) is 11.3 Å². The number of hydrogen-bond donors (Lipinski definition) is 0. The molecule has 1 aromatic carbocycles. The lowest BCUT2D eigenvalue weighted by Gasteiger charge is -1.92. The summed E-state index contributed by atoms with van der Waals surface area (Å²) in [4.78, 5) is 5.74. The lowest BCUT2D eigenvalue weighted by atomic mass is 10.2. The van der Waals surface area contributed by atoms with Crippen LogP contribution < -0.4 is 28.4 Å². The van der Waals surface area contributed by atoms with Gasteiger partial charge >= 0.3 is 0 Å². The summed E-state index contributed by atoms with van der Waals surface area (Å²) in [6, 6.07) is 8.27. The summed E-state index contributed by atoms with van der Waals surface area (Å²) in [6.45, 7) is 0. The Bertz CT molecular complexity index is 636. The largest absolute Gasteiger partial charge is 1.00 e. The maximum absolute atomic E-state index is 4.46. The molecule has 2 heterocycles. The molecule has 0 radical (unpaired) electrons. The molecule has 2 nitrogen and oxygen atoms in total. The van der Waals surface area contributed by atoms with Gasteiger partial charge in [0, 0.05) is 5.38 Å². The number of aromatic nitrogens is 2. The van der Waals surface area contributed by atoms with Crippen molar-refractivity contribution in [2.75, 3.05) is 0 Å². The minimum Gasteiger partial charge on any atom is -1.00 e. The second-order valence-corrected chi connectivity index (χ2v) is 4.92. The fourth-order valence-electron chi connectivity index (χ4n) is 1.67. The molecule has 0 fully saturated rings. The van der Waals surface area contributed by atoms with Gasteiger partial charge in [0.15, 0.2) is 10.3 Å². The van der Waals surface area contributed by atoms with Gasteiger partial charge in [-0.3, -0.25) is 0 Å². The Morgan fingerprint density at radius 3 is 2.94 bits per heavy atom. The fourth-order valence-corrected chi connectivity index (χ4v) is 3.58. The van der Waals surface area contributed by atoms with E-state index in [4.69, 9.17) is 0 Å². The molecule has 2 aromatic heterocycles. The van der Waals surface area contributed by atoms with Gasteiger partial charge in [-0.05, 0) is 17.1 Å². The normalized spacial score (nSPS) is 10.6. The minimum atomic E-state index is 0. The van der Waals surface area contributed by atoms with Gasteiger partial charge in [0.1, 0.15) is 5.69 Å². The Labute approximate surface area is 128 Å². The molecular weight excluding hydrogens is 446 g/mol. The monoisotopic (exact) mass is 454 g/mol. The van der Waals surface area contributed by atoms with Crippen molar-refractivity contribution in [1.82, 2.24) is 4.98 Å². The lowest BCUT2D eigenvalue weighted by Crippen LogP contribution is -3.00. The highest BCUT2D eigenvalue weighted by molar-refractivity contribution is 14.1. The molecule has 16 heavy (non-hydrogen) atoms. The number of nitrogens with zero attached hydrogens (tertiary/aromatic N) is 2. The van der Waals surface area contributed by atoms with Gasteiger partial charge in [0.05, 0.1) is 9.81 Å². The van der Waals surface area contributed by atoms with Crippen LogP contribution in [0.25, 0.3) is 15.7 Å². The van der Waals surface area contributed by atoms with Gasteiger partial charge in [-0.1, -0.05) is 46.1 Å². The maximum Gasteiger partial charge on any atom is 0.292 e. The van der Waals surface area contributed by atoms with Crippen molar-refractivity contribution >= 4 is 49.7 Å². The van der Waals surface area contributed by atoms with Crippen LogP contribution in [0.3, 0.4) is 0 Å². The molecule has 0 aliphatic carbocycles. The zero-order valence-electron chi connectivity index (χ0n) is 8.23. The highest BCUT2D eigenvalue weighted by Gasteiger charge is 2.12. The highest BCUT2D eigenvalue weighted by Crippen LogP contribution is 2.20. The van der Waals surface area contributed by atoms with E-state index in [9.17, 15) is 0 Å². The van der Waals surface area contributed by atoms with Crippen LogP contribution in [0.4, 0.5) is 0 Å². The zero-order valence-corrected chi connectivity index (χ0v) is 13.4. The lowest BCUT2D eigenvalue weighted by molar-refractivity contribution is -0.517. The van der Waals surface area contributed by atoms with Crippen LogP contribution in [0.5, 0.6) is 0 Å². The van der Waals surface area contributed by atoms with Crippen LogP contribution in [0, 0.1) is 0 Å². The average Bonchev–Trinajstić information content (AvgIpc) is 2.72. The number of alkyl halides is 1. The van der Waals surface area contributed by atoms with E-state index >= 15 is 0 Å². The smallest absolute Gasteiger partial charge is 0.292 e. The Morgan fingerprint density at radius 2 is 2.12 bits per heavy atom. The number of hydrogen-bond acceptors (Lipinski definition) is 2. The Morgan fingerprint density at radius 1 is 1.31 bits per heavy atom. The molecule has 0 saturated carbocycles. The number of para-hydroxylation sites is 1. The summed E-state index contributed by atoms with van der Waals surface area (Å²) >= 11 is 4.17. The highest BCUT2D eigenvalue weighted by atomic mass is 127. The number of fused-ring (bicyclic) bond motifs is 3. The Hall–Kier alpha value is -0.0200. The average molecular weight is 454 g/mol. The van der Waals surface area contributed by atoms with E-state index in [2.05, 4.69) is 55.6 Å². The predicted octanol–water partition coefficient (Wildman–Crippen LogP) is -0.0260. The molecule has 82 valence electrons. The summed E-state index contributed by atoms with van der Waals surface area (Å²) in [7, 11) is 0. The molecule has 0 amide bonds. The summed E-state index contributed by atoms with van der Waals surface area (Å²) in [5.41, 5.74) is 2.38. The number of thiazole rings is 1. The maximum atomic E-state index is 4.46. The third-order valence-electron chi connectivity index (χ3n) is 2.42. The van der Waals surface area contributed by atoms with E-state index in [-0.39, 0.29) is 24.0 Å². The second kappa shape index (κ2) is 5.09. The Kier molecular flexibility index (Phi) is 3.96. The van der Waals surface area contributed by atoms with Gasteiger partial charge in [-0.15, -0.1) is 0 Å². The predicted molar refractivity (Wildman–Crippen MR) is 70.5 cm³/mol. The van der Waals surface area contributed by atoms with E-state index in [0.29, 0.717) is 0 Å². The first-order chi connectivity index (χ1) is 7.40. The van der Waals surface area contributed by atoms with E-state index in [1.165, 1.54) is 15.9 Å². The molecule has 0 N–H and O–H groups in total. The third-order valence-corrected chi connectivity index (χ3v) is 4.23. The molecule has 0 aliphatic rings. The molecule has 0 saturated heterocycles.